The normalized spacial score (nSPS) is 10.8. The molecule has 9 heteroatoms. The second-order valence-electron chi connectivity index (χ2n) is 5.60. The zero-order chi connectivity index (χ0) is 19.8. The molecule has 144 valence electrons. The van der Waals surface area contributed by atoms with Crippen molar-refractivity contribution in [1.82, 2.24) is 15.2 Å². The Balaban J connectivity index is 1.69. The van der Waals surface area contributed by atoms with Crippen molar-refractivity contribution < 1.29 is 9.47 Å². The predicted molar refractivity (Wildman–Crippen MR) is 107 cm³/mol. The van der Waals surface area contributed by atoms with Crippen LogP contribution in [0.3, 0.4) is 0 Å². The van der Waals surface area contributed by atoms with Gasteiger partial charge in [-0.15, -0.1) is 0 Å². The molecule has 8 nitrogen and oxygen atoms in total. The summed E-state index contributed by atoms with van der Waals surface area (Å²) in [5.74, 6) is 1.46. The van der Waals surface area contributed by atoms with Crippen molar-refractivity contribution in [3.8, 4) is 11.5 Å². The molecule has 0 fully saturated rings. The first-order valence-electron chi connectivity index (χ1n) is 8.49. The summed E-state index contributed by atoms with van der Waals surface area (Å²) < 4.78 is 11.5. The Morgan fingerprint density at radius 1 is 1.21 bits per heavy atom. The first kappa shape index (κ1) is 19.4. The van der Waals surface area contributed by atoms with E-state index in [9.17, 15) is 4.79 Å². The molecule has 0 spiro atoms. The first-order chi connectivity index (χ1) is 13.6. The number of aromatic nitrogens is 3. The molecule has 0 radical (unpaired) electrons. The maximum absolute atomic E-state index is 11.1. The molecule has 0 saturated carbocycles. The molecular formula is C19H18ClN5O3. The van der Waals surface area contributed by atoms with Crippen molar-refractivity contribution in [1.29, 1.82) is 0 Å². The van der Waals surface area contributed by atoms with Gasteiger partial charge in [-0.05, 0) is 48.4 Å². The Labute approximate surface area is 166 Å². The van der Waals surface area contributed by atoms with E-state index in [-0.39, 0.29) is 5.82 Å². The Morgan fingerprint density at radius 3 is 2.89 bits per heavy atom. The fraction of sp³-hybridized carbons (Fsp3) is 0.158. The van der Waals surface area contributed by atoms with Gasteiger partial charge in [0.1, 0.15) is 6.61 Å². The molecule has 2 N–H and O–H groups in total. The van der Waals surface area contributed by atoms with Gasteiger partial charge in [-0.2, -0.15) is 15.2 Å². The predicted octanol–water partition coefficient (Wildman–Crippen LogP) is 3.24. The number of hydrazone groups is 1. The molecule has 0 atom stereocenters. The Hall–Kier alpha value is -3.39. The van der Waals surface area contributed by atoms with Crippen molar-refractivity contribution in [2.24, 2.45) is 5.10 Å². The SMILES string of the molecule is CCOc1cc(/C=N/Nc2cn[nH]c(=O)n2)ccc1OCc1cccc(Cl)c1. The lowest BCUT2D eigenvalue weighted by Gasteiger charge is -2.12. The van der Waals surface area contributed by atoms with Gasteiger partial charge < -0.3 is 9.47 Å². The minimum Gasteiger partial charge on any atom is -0.490 e. The van der Waals surface area contributed by atoms with Crippen LogP contribution in [0.25, 0.3) is 0 Å². The number of nitrogens with zero attached hydrogens (tertiary/aromatic N) is 3. The third-order valence-corrected chi connectivity index (χ3v) is 3.75. The molecule has 0 unspecified atom stereocenters. The third kappa shape index (κ3) is 5.55. The summed E-state index contributed by atoms with van der Waals surface area (Å²) in [6.45, 7) is 2.76. The Morgan fingerprint density at radius 2 is 2.11 bits per heavy atom. The number of hydrogen-bond donors (Lipinski definition) is 2. The fourth-order valence-corrected chi connectivity index (χ4v) is 2.53. The van der Waals surface area contributed by atoms with Gasteiger partial charge in [-0.3, -0.25) is 5.43 Å². The van der Waals surface area contributed by atoms with Crippen LogP contribution >= 0.6 is 11.6 Å². The summed E-state index contributed by atoms with van der Waals surface area (Å²) in [5, 5.41) is 10.5. The van der Waals surface area contributed by atoms with Gasteiger partial charge in [0.15, 0.2) is 17.3 Å². The molecule has 0 amide bonds. The van der Waals surface area contributed by atoms with E-state index in [1.165, 1.54) is 6.20 Å². The molecule has 0 aliphatic carbocycles. The van der Waals surface area contributed by atoms with Gasteiger partial charge in [0.05, 0.1) is 19.0 Å². The minimum absolute atomic E-state index is 0.242. The number of nitrogens with one attached hydrogen (secondary N) is 2. The van der Waals surface area contributed by atoms with E-state index in [2.05, 4.69) is 25.7 Å². The summed E-state index contributed by atoms with van der Waals surface area (Å²) in [6, 6.07) is 12.9. The van der Waals surface area contributed by atoms with Crippen molar-refractivity contribution in [2.75, 3.05) is 12.0 Å². The second kappa shape index (κ2) is 9.52. The summed E-state index contributed by atoms with van der Waals surface area (Å²) in [7, 11) is 0. The van der Waals surface area contributed by atoms with E-state index in [0.717, 1.165) is 11.1 Å². The number of aromatic amines is 1. The number of rotatable bonds is 8. The number of ether oxygens (including phenoxy) is 2. The number of hydrogen-bond acceptors (Lipinski definition) is 7. The first-order valence-corrected chi connectivity index (χ1v) is 8.86. The molecule has 0 aliphatic rings. The van der Waals surface area contributed by atoms with Crippen LogP contribution in [0.15, 0.2) is 58.6 Å². The van der Waals surface area contributed by atoms with Crippen LogP contribution in [0.4, 0.5) is 5.82 Å². The third-order valence-electron chi connectivity index (χ3n) is 3.51. The molecule has 3 aromatic rings. The second-order valence-corrected chi connectivity index (χ2v) is 6.04. The Kier molecular flexibility index (Phi) is 6.59. The molecule has 0 bridgehead atoms. The standard InChI is InChI=1S/C19H18ClN5O3/c1-2-27-17-9-13(10-21-24-18-11-22-25-19(26)23-18)6-7-16(17)28-12-14-4-3-5-15(20)8-14/h3-11H,2,12H2,1H3,(H2,23,24,25,26)/b21-10+. The van der Waals surface area contributed by atoms with E-state index in [1.54, 1.807) is 6.21 Å². The average molecular weight is 400 g/mol. The number of H-pyrrole nitrogens is 1. The molecule has 1 heterocycles. The number of benzene rings is 2. The molecule has 0 aliphatic heterocycles. The van der Waals surface area contributed by atoms with Gasteiger partial charge >= 0.3 is 5.69 Å². The lowest BCUT2D eigenvalue weighted by Crippen LogP contribution is -2.13. The zero-order valence-corrected chi connectivity index (χ0v) is 15.8. The van der Waals surface area contributed by atoms with E-state index in [4.69, 9.17) is 21.1 Å². The van der Waals surface area contributed by atoms with Crippen molar-refractivity contribution in [3.63, 3.8) is 0 Å². The van der Waals surface area contributed by atoms with Crippen molar-refractivity contribution in [2.45, 2.75) is 13.5 Å². The van der Waals surface area contributed by atoms with Crippen LogP contribution in [-0.4, -0.2) is 28.0 Å². The highest BCUT2D eigenvalue weighted by Gasteiger charge is 2.07. The topological polar surface area (TPSA) is 101 Å². The highest BCUT2D eigenvalue weighted by Crippen LogP contribution is 2.29. The number of anilines is 1. The van der Waals surface area contributed by atoms with Crippen molar-refractivity contribution in [3.05, 3.63) is 75.3 Å². The highest BCUT2D eigenvalue weighted by atomic mass is 35.5. The summed E-state index contributed by atoms with van der Waals surface area (Å²) >= 11 is 6.00. The van der Waals surface area contributed by atoms with Gasteiger partial charge in [0.25, 0.3) is 0 Å². The number of halogens is 1. The van der Waals surface area contributed by atoms with Crippen LogP contribution < -0.4 is 20.6 Å². The van der Waals surface area contributed by atoms with Crippen LogP contribution in [0.2, 0.25) is 5.02 Å². The highest BCUT2D eigenvalue weighted by molar-refractivity contribution is 6.30. The average Bonchev–Trinajstić information content (AvgIpc) is 2.68. The zero-order valence-electron chi connectivity index (χ0n) is 15.1. The van der Waals surface area contributed by atoms with Crippen LogP contribution in [-0.2, 0) is 6.61 Å². The Bertz CT molecular complexity index is 1020. The molecule has 0 saturated heterocycles. The minimum atomic E-state index is -0.556. The van der Waals surface area contributed by atoms with Gasteiger partial charge in [0, 0.05) is 5.02 Å². The van der Waals surface area contributed by atoms with Crippen LogP contribution in [0.5, 0.6) is 11.5 Å². The smallest absolute Gasteiger partial charge is 0.363 e. The van der Waals surface area contributed by atoms with Crippen molar-refractivity contribution >= 4 is 23.6 Å². The fourth-order valence-electron chi connectivity index (χ4n) is 2.32. The van der Waals surface area contributed by atoms with Crippen LogP contribution in [0.1, 0.15) is 18.1 Å². The van der Waals surface area contributed by atoms with E-state index in [0.29, 0.717) is 29.7 Å². The maximum Gasteiger partial charge on any atom is 0.363 e. The quantitative estimate of drug-likeness (QED) is 0.445. The van der Waals surface area contributed by atoms with Crippen LogP contribution in [0, 0.1) is 0 Å². The molecule has 1 aromatic heterocycles. The lowest BCUT2D eigenvalue weighted by atomic mass is 10.2. The van der Waals surface area contributed by atoms with E-state index < -0.39 is 5.69 Å². The summed E-state index contributed by atoms with van der Waals surface area (Å²) in [4.78, 5) is 14.8. The molecular weight excluding hydrogens is 382 g/mol. The molecule has 2 aromatic carbocycles. The summed E-state index contributed by atoms with van der Waals surface area (Å²) in [6.07, 6.45) is 2.93. The lowest BCUT2D eigenvalue weighted by molar-refractivity contribution is 0.269. The largest absolute Gasteiger partial charge is 0.490 e. The van der Waals surface area contributed by atoms with Gasteiger partial charge in [0.2, 0.25) is 0 Å². The van der Waals surface area contributed by atoms with E-state index >= 15 is 0 Å². The van der Waals surface area contributed by atoms with E-state index in [1.807, 2.05) is 49.4 Å². The maximum atomic E-state index is 11.1. The molecule has 3 rings (SSSR count). The molecule has 28 heavy (non-hydrogen) atoms. The monoisotopic (exact) mass is 399 g/mol. The van der Waals surface area contributed by atoms with Gasteiger partial charge in [-0.1, -0.05) is 23.7 Å². The summed E-state index contributed by atoms with van der Waals surface area (Å²) in [5.41, 5.74) is 3.83. The van der Waals surface area contributed by atoms with Gasteiger partial charge in [-0.25, -0.2) is 9.89 Å².